The number of hydrogen-bond donors (Lipinski definition) is 0. The highest BCUT2D eigenvalue weighted by Crippen LogP contribution is 2.44. The zero-order valence-electron chi connectivity index (χ0n) is 33.1. The molecule has 0 saturated heterocycles. The summed E-state index contributed by atoms with van der Waals surface area (Å²) in [5.41, 5.74) is 13.1. The molecule has 0 atom stereocenters. The molecule has 0 N–H and O–H groups in total. The summed E-state index contributed by atoms with van der Waals surface area (Å²) >= 11 is 3.74. The van der Waals surface area contributed by atoms with Gasteiger partial charge in [0.05, 0.1) is 0 Å². The molecule has 0 amide bonds. The third kappa shape index (κ3) is 6.21. The van der Waals surface area contributed by atoms with Crippen molar-refractivity contribution in [3.63, 3.8) is 0 Å². The lowest BCUT2D eigenvalue weighted by atomic mass is 9.95. The normalized spacial score (nSPS) is 11.6. The van der Waals surface area contributed by atoms with Gasteiger partial charge in [-0.15, -0.1) is 22.7 Å². The maximum absolute atomic E-state index is 2.38. The van der Waals surface area contributed by atoms with E-state index in [0.717, 1.165) is 17.1 Å². The Morgan fingerprint density at radius 3 is 1.52 bits per heavy atom. The Morgan fingerprint density at radius 1 is 0.279 bits per heavy atom. The smallest absolute Gasteiger partial charge is 0.0462 e. The molecular weight excluding hydrogens is 775 g/mol. The molecule has 0 saturated carbocycles. The molecule has 0 bridgehead atoms. The number of hydrogen-bond acceptors (Lipinski definition) is 3. The maximum Gasteiger partial charge on any atom is 0.0462 e. The van der Waals surface area contributed by atoms with Crippen molar-refractivity contribution in [2.45, 2.75) is 0 Å². The number of nitrogens with zero attached hydrogens (tertiary/aromatic N) is 1. The summed E-state index contributed by atoms with van der Waals surface area (Å²) in [5.74, 6) is 0. The van der Waals surface area contributed by atoms with Gasteiger partial charge in [0.1, 0.15) is 0 Å². The predicted molar refractivity (Wildman–Crippen MR) is 266 cm³/mol. The number of rotatable bonds is 7. The van der Waals surface area contributed by atoms with Gasteiger partial charge >= 0.3 is 0 Å². The Bertz CT molecular complexity index is 3570. The molecule has 286 valence electrons. The average Bonchev–Trinajstić information content (AvgIpc) is 3.91. The first-order valence-electron chi connectivity index (χ1n) is 20.7. The van der Waals surface area contributed by atoms with Crippen LogP contribution in [0.2, 0.25) is 0 Å². The highest BCUT2D eigenvalue weighted by atomic mass is 32.1. The van der Waals surface area contributed by atoms with Gasteiger partial charge in [0.15, 0.2) is 0 Å². The number of benzene rings is 10. The van der Waals surface area contributed by atoms with Gasteiger partial charge in [-0.2, -0.15) is 0 Å². The quantitative estimate of drug-likeness (QED) is 0.155. The Hall–Kier alpha value is -7.30. The van der Waals surface area contributed by atoms with E-state index in [1.807, 2.05) is 22.7 Å². The summed E-state index contributed by atoms with van der Waals surface area (Å²) in [4.78, 5) is 2.38. The van der Waals surface area contributed by atoms with Crippen molar-refractivity contribution in [1.29, 1.82) is 0 Å². The second kappa shape index (κ2) is 14.8. The Kier molecular flexibility index (Phi) is 8.62. The summed E-state index contributed by atoms with van der Waals surface area (Å²) in [6.07, 6.45) is 0. The molecule has 12 rings (SSSR count). The van der Waals surface area contributed by atoms with Crippen LogP contribution in [-0.2, 0) is 0 Å². The van der Waals surface area contributed by atoms with Crippen molar-refractivity contribution in [3.8, 4) is 44.5 Å². The van der Waals surface area contributed by atoms with E-state index in [0.29, 0.717) is 0 Å². The fraction of sp³-hybridized carbons (Fsp3) is 0. The largest absolute Gasteiger partial charge is 0.311 e. The number of fused-ring (bicyclic) bond motifs is 7. The molecule has 61 heavy (non-hydrogen) atoms. The molecule has 2 heterocycles. The predicted octanol–water partition coefficient (Wildman–Crippen LogP) is 17.7. The second-order valence-electron chi connectivity index (χ2n) is 15.6. The van der Waals surface area contributed by atoms with E-state index in [1.54, 1.807) is 0 Å². The van der Waals surface area contributed by atoms with Crippen LogP contribution in [0.5, 0.6) is 0 Å². The molecule has 0 spiro atoms. The number of thiophene rings is 2. The van der Waals surface area contributed by atoms with Crippen LogP contribution in [0.1, 0.15) is 0 Å². The standard InChI is InChI=1S/C58H37NS2/c1-2-15-47-39(11-1)12-8-18-48(47)43-14-7-13-42(37-43)38-25-31-44(32-26-38)59(45-33-27-40(28-34-45)49-19-10-24-56-57(49)53-17-4-6-23-55(53)60-56)46-35-29-41(30-36-46)50-20-9-21-52-51-16-3-5-22-54(51)61-58(50)52/h1-37H. The fourth-order valence-electron chi connectivity index (χ4n) is 9.16. The Balaban J connectivity index is 0.937. The van der Waals surface area contributed by atoms with Crippen molar-refractivity contribution >= 4 is 90.9 Å². The average molecular weight is 812 g/mol. The number of anilines is 3. The fourth-order valence-corrected chi connectivity index (χ4v) is 11.5. The summed E-state index contributed by atoms with van der Waals surface area (Å²) < 4.78 is 5.29. The third-order valence-electron chi connectivity index (χ3n) is 12.1. The van der Waals surface area contributed by atoms with Gasteiger partial charge in [-0.05, 0) is 116 Å². The molecule has 0 unspecified atom stereocenters. The molecule has 1 nitrogen and oxygen atoms in total. The highest BCUT2D eigenvalue weighted by molar-refractivity contribution is 7.26. The van der Waals surface area contributed by atoms with E-state index in [2.05, 4.69) is 229 Å². The van der Waals surface area contributed by atoms with Gasteiger partial charge in [0.2, 0.25) is 0 Å². The SMILES string of the molecule is c1cc(-c2ccc(N(c3ccc(-c4cccc5c4sc4ccccc45)cc3)c3ccc(-c4cccc5sc6ccccc6c45)cc3)cc2)cc(-c2cccc3ccccc23)c1. The van der Waals surface area contributed by atoms with Crippen molar-refractivity contribution in [2.75, 3.05) is 4.90 Å². The molecule has 0 aliphatic heterocycles. The summed E-state index contributed by atoms with van der Waals surface area (Å²) in [6, 6.07) is 82.3. The molecule has 0 fully saturated rings. The molecule has 2 aromatic heterocycles. The van der Waals surface area contributed by atoms with Gasteiger partial charge in [-0.3, -0.25) is 0 Å². The van der Waals surface area contributed by atoms with Crippen molar-refractivity contribution in [3.05, 3.63) is 224 Å². The lowest BCUT2D eigenvalue weighted by molar-refractivity contribution is 1.28. The molecule has 3 heteroatoms. The van der Waals surface area contributed by atoms with Gasteiger partial charge in [0.25, 0.3) is 0 Å². The highest BCUT2D eigenvalue weighted by Gasteiger charge is 2.17. The van der Waals surface area contributed by atoms with Crippen molar-refractivity contribution < 1.29 is 0 Å². The van der Waals surface area contributed by atoms with Crippen LogP contribution >= 0.6 is 22.7 Å². The molecule has 12 aromatic rings. The minimum Gasteiger partial charge on any atom is -0.311 e. The molecule has 0 aliphatic rings. The van der Waals surface area contributed by atoms with Gasteiger partial charge in [0, 0.05) is 57.4 Å². The van der Waals surface area contributed by atoms with Crippen LogP contribution in [0, 0.1) is 0 Å². The lowest BCUT2D eigenvalue weighted by Crippen LogP contribution is -2.09. The van der Waals surface area contributed by atoms with Crippen LogP contribution in [0.25, 0.3) is 95.6 Å². The first-order chi connectivity index (χ1) is 30.2. The van der Waals surface area contributed by atoms with Crippen molar-refractivity contribution in [2.24, 2.45) is 0 Å². The minimum atomic E-state index is 1.10. The molecular formula is C58H37NS2. The van der Waals surface area contributed by atoms with Crippen LogP contribution in [0.3, 0.4) is 0 Å². The van der Waals surface area contributed by atoms with E-state index in [9.17, 15) is 0 Å². The molecule has 0 aliphatic carbocycles. The Morgan fingerprint density at radius 2 is 0.770 bits per heavy atom. The van der Waals surface area contributed by atoms with Crippen LogP contribution in [0.4, 0.5) is 17.1 Å². The molecule has 0 radical (unpaired) electrons. The maximum atomic E-state index is 2.38. The monoisotopic (exact) mass is 811 g/mol. The van der Waals surface area contributed by atoms with Crippen LogP contribution in [-0.4, -0.2) is 0 Å². The molecule has 10 aromatic carbocycles. The van der Waals surface area contributed by atoms with Crippen LogP contribution < -0.4 is 4.90 Å². The van der Waals surface area contributed by atoms with Gasteiger partial charge < -0.3 is 4.90 Å². The lowest BCUT2D eigenvalue weighted by Gasteiger charge is -2.26. The van der Waals surface area contributed by atoms with E-state index in [1.165, 1.54) is 95.6 Å². The summed E-state index contributed by atoms with van der Waals surface area (Å²) in [6.45, 7) is 0. The minimum absolute atomic E-state index is 1.10. The zero-order valence-corrected chi connectivity index (χ0v) is 34.8. The summed E-state index contributed by atoms with van der Waals surface area (Å²) in [5, 5.41) is 7.81. The van der Waals surface area contributed by atoms with Crippen molar-refractivity contribution in [1.82, 2.24) is 0 Å². The van der Waals surface area contributed by atoms with Gasteiger partial charge in [-0.25, -0.2) is 0 Å². The van der Waals surface area contributed by atoms with E-state index in [4.69, 9.17) is 0 Å². The topological polar surface area (TPSA) is 3.24 Å². The first-order valence-corrected chi connectivity index (χ1v) is 22.4. The first kappa shape index (κ1) is 35.6. The van der Waals surface area contributed by atoms with E-state index < -0.39 is 0 Å². The third-order valence-corrected chi connectivity index (χ3v) is 14.5. The van der Waals surface area contributed by atoms with Gasteiger partial charge in [-0.1, -0.05) is 164 Å². The zero-order chi connectivity index (χ0) is 40.3. The van der Waals surface area contributed by atoms with E-state index >= 15 is 0 Å². The second-order valence-corrected chi connectivity index (χ2v) is 17.8. The Labute approximate surface area is 362 Å². The van der Waals surface area contributed by atoms with E-state index in [-0.39, 0.29) is 0 Å². The van der Waals surface area contributed by atoms with Crippen LogP contribution in [0.15, 0.2) is 224 Å². The summed E-state index contributed by atoms with van der Waals surface area (Å²) in [7, 11) is 0.